The molecule has 0 amide bonds. The van der Waals surface area contributed by atoms with Crippen LogP contribution >= 0.6 is 0 Å². The Morgan fingerprint density at radius 2 is 1.97 bits per heavy atom. The Labute approximate surface area is 184 Å². The molecule has 2 heterocycles. The molecule has 32 heavy (non-hydrogen) atoms. The first-order chi connectivity index (χ1) is 15.2. The van der Waals surface area contributed by atoms with Crippen LogP contribution in [0.15, 0.2) is 60.3 Å². The normalized spacial score (nSPS) is 18.7. The number of nitrogens with zero attached hydrogens (tertiary/aromatic N) is 2. The van der Waals surface area contributed by atoms with Crippen LogP contribution in [-0.4, -0.2) is 35.3 Å². The van der Waals surface area contributed by atoms with Crippen LogP contribution < -0.4 is 4.90 Å². The smallest absolute Gasteiger partial charge is 0.307 e. The Hall–Kier alpha value is -3.94. The van der Waals surface area contributed by atoms with Crippen molar-refractivity contribution in [2.45, 2.75) is 25.7 Å². The van der Waals surface area contributed by atoms with Crippen molar-refractivity contribution in [3.63, 3.8) is 0 Å². The summed E-state index contributed by atoms with van der Waals surface area (Å²) in [5.74, 6) is -0.688. The van der Waals surface area contributed by atoms with Gasteiger partial charge in [0.15, 0.2) is 0 Å². The van der Waals surface area contributed by atoms with E-state index in [0.29, 0.717) is 22.6 Å². The molecule has 1 atom stereocenters. The number of H-pyrrole nitrogens is 1. The largest absolute Gasteiger partial charge is 0.466 e. The molecule has 3 aromatic rings. The lowest BCUT2D eigenvalue weighted by molar-refractivity contribution is -0.384. The lowest BCUT2D eigenvalue weighted by Gasteiger charge is -2.27. The molecule has 4 rings (SSSR count). The van der Waals surface area contributed by atoms with E-state index in [4.69, 9.17) is 4.74 Å². The quantitative estimate of drug-likeness (QED) is 0.202. The van der Waals surface area contributed by atoms with Crippen LogP contribution in [-0.2, 0) is 14.9 Å². The molecule has 8 nitrogen and oxygen atoms in total. The number of para-hydroxylation sites is 1. The van der Waals surface area contributed by atoms with Crippen molar-refractivity contribution in [1.29, 1.82) is 0 Å². The van der Waals surface area contributed by atoms with Crippen LogP contribution in [0.25, 0.3) is 10.9 Å². The number of non-ortho nitro benzene ring substituents is 1. The summed E-state index contributed by atoms with van der Waals surface area (Å²) < 4.78 is 5.17. The zero-order valence-electron chi connectivity index (χ0n) is 18.0. The molecule has 0 spiro atoms. The fourth-order valence-corrected chi connectivity index (χ4v) is 4.36. The maximum absolute atomic E-state index is 13.2. The number of ketones is 1. The predicted octanol–water partition coefficient (Wildman–Crippen LogP) is 4.50. The summed E-state index contributed by atoms with van der Waals surface area (Å²) in [6, 6.07) is 13.9. The number of rotatable bonds is 6. The first kappa shape index (κ1) is 21.3. The highest BCUT2D eigenvalue weighted by molar-refractivity contribution is 6.07. The summed E-state index contributed by atoms with van der Waals surface area (Å²) in [6.07, 6.45) is 1.45. The molecule has 0 fully saturated rings. The van der Waals surface area contributed by atoms with Gasteiger partial charge in [-0.05, 0) is 37.6 Å². The zero-order valence-corrected chi connectivity index (χ0v) is 18.0. The van der Waals surface area contributed by atoms with E-state index < -0.39 is 16.3 Å². The summed E-state index contributed by atoms with van der Waals surface area (Å²) >= 11 is 0. The second kappa shape index (κ2) is 7.96. The van der Waals surface area contributed by atoms with Crippen LogP contribution in [0.2, 0.25) is 0 Å². The van der Waals surface area contributed by atoms with Gasteiger partial charge in [-0.15, -0.1) is 0 Å². The molecular weight excluding hydrogens is 410 g/mol. The van der Waals surface area contributed by atoms with Crippen molar-refractivity contribution in [3.05, 3.63) is 81.7 Å². The number of esters is 1. The van der Waals surface area contributed by atoms with Gasteiger partial charge in [0, 0.05) is 53.0 Å². The second-order valence-corrected chi connectivity index (χ2v) is 8.00. The van der Waals surface area contributed by atoms with Crippen LogP contribution in [0.3, 0.4) is 0 Å². The number of aromatic amines is 1. The summed E-state index contributed by atoms with van der Waals surface area (Å²) in [6.45, 7) is 3.75. The predicted molar refractivity (Wildman–Crippen MR) is 121 cm³/mol. The minimum Gasteiger partial charge on any atom is -0.466 e. The number of nitro benzene ring substituents is 1. The van der Waals surface area contributed by atoms with E-state index in [0.717, 1.165) is 10.9 Å². The molecule has 1 aliphatic rings. The fraction of sp³-hybridized carbons (Fsp3) is 0.250. The molecule has 0 radical (unpaired) electrons. The minimum atomic E-state index is -0.968. The van der Waals surface area contributed by atoms with E-state index in [1.807, 2.05) is 24.3 Å². The van der Waals surface area contributed by atoms with Crippen LogP contribution in [0.5, 0.6) is 0 Å². The Morgan fingerprint density at radius 1 is 1.22 bits per heavy atom. The highest BCUT2D eigenvalue weighted by atomic mass is 16.6. The first-order valence-electron chi connectivity index (χ1n) is 10.3. The van der Waals surface area contributed by atoms with Crippen molar-refractivity contribution in [1.82, 2.24) is 4.98 Å². The number of allylic oxidation sites excluding steroid dienone is 2. The average molecular weight is 433 g/mol. The Balaban J connectivity index is 1.81. The standard InChI is InChI=1S/C24H23N3O5/c1-4-32-23(29)14-24(2)17-12-16(27(30)31)9-10-20(17)26(3)22(24)13-21(28)19-11-15-7-5-6-8-18(15)25-19/h5-13,25H,4,14H2,1-3H3. The number of benzene rings is 2. The summed E-state index contributed by atoms with van der Waals surface area (Å²) in [5.41, 5.74) is 2.12. The SMILES string of the molecule is CCOC(=O)CC1(C)C(=CC(=O)c2cc3ccccc3[nH]2)N(C)c2ccc([N+](=O)[O-])cc21. The molecule has 0 saturated carbocycles. The van der Waals surface area contributed by atoms with Gasteiger partial charge in [-0.2, -0.15) is 0 Å². The van der Waals surface area contributed by atoms with Gasteiger partial charge in [-0.25, -0.2) is 0 Å². The minimum absolute atomic E-state index is 0.0504. The van der Waals surface area contributed by atoms with Gasteiger partial charge in [-0.1, -0.05) is 18.2 Å². The van der Waals surface area contributed by atoms with E-state index in [1.165, 1.54) is 18.2 Å². The molecule has 0 aliphatic carbocycles. The number of anilines is 1. The lowest BCUT2D eigenvalue weighted by atomic mass is 9.78. The van der Waals surface area contributed by atoms with Crippen LogP contribution in [0.4, 0.5) is 11.4 Å². The maximum atomic E-state index is 13.2. The van der Waals surface area contributed by atoms with Gasteiger partial charge in [-0.3, -0.25) is 19.7 Å². The van der Waals surface area contributed by atoms with Gasteiger partial charge >= 0.3 is 5.97 Å². The number of hydrogen-bond donors (Lipinski definition) is 1. The zero-order chi connectivity index (χ0) is 23.0. The first-order valence-corrected chi connectivity index (χ1v) is 10.3. The number of ether oxygens (including phenoxy) is 1. The third-order valence-corrected chi connectivity index (χ3v) is 5.94. The molecule has 2 aromatic carbocycles. The van der Waals surface area contributed by atoms with Gasteiger partial charge < -0.3 is 14.6 Å². The summed E-state index contributed by atoms with van der Waals surface area (Å²) in [7, 11) is 1.78. The Morgan fingerprint density at radius 3 is 2.66 bits per heavy atom. The van der Waals surface area contributed by atoms with Gasteiger partial charge in [0.05, 0.1) is 23.6 Å². The van der Waals surface area contributed by atoms with Crippen LogP contribution in [0, 0.1) is 10.1 Å². The number of hydrogen-bond acceptors (Lipinski definition) is 6. The average Bonchev–Trinajstić information content (AvgIpc) is 3.28. The fourth-order valence-electron chi connectivity index (χ4n) is 4.36. The topological polar surface area (TPSA) is 106 Å². The molecule has 1 N–H and O–H groups in total. The van der Waals surface area contributed by atoms with E-state index in [2.05, 4.69) is 4.98 Å². The van der Waals surface area contributed by atoms with Crippen molar-refractivity contribution >= 4 is 34.0 Å². The molecular formula is C24H23N3O5. The summed E-state index contributed by atoms with van der Waals surface area (Å²) in [4.78, 5) is 41.5. The Bertz CT molecular complexity index is 1240. The monoisotopic (exact) mass is 433 g/mol. The van der Waals surface area contributed by atoms with Crippen molar-refractivity contribution in [3.8, 4) is 0 Å². The third-order valence-electron chi connectivity index (χ3n) is 5.94. The highest BCUT2D eigenvalue weighted by Crippen LogP contribution is 2.50. The maximum Gasteiger partial charge on any atom is 0.307 e. The Kier molecular flexibility index (Phi) is 5.30. The van der Waals surface area contributed by atoms with E-state index in [-0.39, 0.29) is 24.5 Å². The molecule has 8 heteroatoms. The molecule has 1 unspecified atom stereocenters. The number of carbonyl (C=O) groups excluding carboxylic acids is 2. The molecule has 0 bridgehead atoms. The number of nitrogens with one attached hydrogen (secondary N) is 1. The molecule has 164 valence electrons. The van der Waals surface area contributed by atoms with E-state index in [9.17, 15) is 19.7 Å². The van der Waals surface area contributed by atoms with Crippen LogP contribution in [0.1, 0.15) is 36.3 Å². The third kappa shape index (κ3) is 3.53. The van der Waals surface area contributed by atoms with Gasteiger partial charge in [0.1, 0.15) is 0 Å². The molecule has 0 saturated heterocycles. The van der Waals surface area contributed by atoms with Crippen molar-refractivity contribution in [2.75, 3.05) is 18.6 Å². The van der Waals surface area contributed by atoms with E-state index >= 15 is 0 Å². The number of carbonyl (C=O) groups is 2. The molecule has 1 aromatic heterocycles. The van der Waals surface area contributed by atoms with Crippen molar-refractivity contribution in [2.24, 2.45) is 0 Å². The van der Waals surface area contributed by atoms with Crippen molar-refractivity contribution < 1.29 is 19.2 Å². The number of nitro groups is 1. The van der Waals surface area contributed by atoms with E-state index in [1.54, 1.807) is 37.9 Å². The highest BCUT2D eigenvalue weighted by Gasteiger charge is 2.45. The molecule has 1 aliphatic heterocycles. The number of aromatic nitrogens is 1. The number of likely N-dealkylation sites (N-methyl/N-ethyl adjacent to an activating group) is 1. The summed E-state index contributed by atoms with van der Waals surface area (Å²) in [5, 5.41) is 12.3. The van der Waals surface area contributed by atoms with Gasteiger partial charge in [0.25, 0.3) is 5.69 Å². The second-order valence-electron chi connectivity index (χ2n) is 8.00. The van der Waals surface area contributed by atoms with Gasteiger partial charge in [0.2, 0.25) is 5.78 Å². The number of fused-ring (bicyclic) bond motifs is 2. The lowest BCUT2D eigenvalue weighted by Crippen LogP contribution is -2.30.